The number of ether oxygens (including phenoxy) is 1. The first-order chi connectivity index (χ1) is 7.07. The molecular formula is C10H19NO4. The first-order valence-corrected chi connectivity index (χ1v) is 5.13. The topological polar surface area (TPSA) is 66.8 Å². The number of hydrogen-bond donors (Lipinski definition) is 1. The molecule has 1 N–H and O–H groups in total. The highest BCUT2D eigenvalue weighted by Gasteiger charge is 2.09. The molecule has 15 heavy (non-hydrogen) atoms. The van der Waals surface area contributed by atoms with Gasteiger partial charge < -0.3 is 14.7 Å². The summed E-state index contributed by atoms with van der Waals surface area (Å²) >= 11 is 0. The number of carbonyl (C=O) groups is 2. The summed E-state index contributed by atoms with van der Waals surface area (Å²) in [6.45, 7) is 5.46. The van der Waals surface area contributed by atoms with Gasteiger partial charge in [-0.05, 0) is 13.3 Å². The van der Waals surface area contributed by atoms with Crippen molar-refractivity contribution in [1.82, 2.24) is 4.90 Å². The largest absolute Gasteiger partial charge is 0.481 e. The van der Waals surface area contributed by atoms with Gasteiger partial charge in [-0.2, -0.15) is 0 Å². The minimum absolute atomic E-state index is 0.00574. The van der Waals surface area contributed by atoms with Crippen LogP contribution in [-0.2, 0) is 14.3 Å². The molecule has 0 aliphatic carbocycles. The minimum Gasteiger partial charge on any atom is -0.481 e. The van der Waals surface area contributed by atoms with Crippen LogP contribution in [0.5, 0.6) is 0 Å². The van der Waals surface area contributed by atoms with Crippen LogP contribution >= 0.6 is 0 Å². The van der Waals surface area contributed by atoms with Gasteiger partial charge in [0.25, 0.3) is 0 Å². The average molecular weight is 217 g/mol. The van der Waals surface area contributed by atoms with Gasteiger partial charge in [0.15, 0.2) is 0 Å². The molecule has 0 rings (SSSR count). The van der Waals surface area contributed by atoms with Crippen molar-refractivity contribution >= 4 is 11.9 Å². The monoisotopic (exact) mass is 217 g/mol. The van der Waals surface area contributed by atoms with Gasteiger partial charge in [0.1, 0.15) is 0 Å². The van der Waals surface area contributed by atoms with E-state index in [4.69, 9.17) is 9.84 Å². The fraction of sp³-hybridized carbons (Fsp3) is 0.800. The van der Waals surface area contributed by atoms with Gasteiger partial charge in [0, 0.05) is 33.2 Å². The van der Waals surface area contributed by atoms with Crippen LogP contribution in [0.25, 0.3) is 0 Å². The molecule has 0 radical (unpaired) electrons. The third kappa shape index (κ3) is 7.93. The maximum Gasteiger partial charge on any atom is 0.305 e. The zero-order chi connectivity index (χ0) is 11.7. The van der Waals surface area contributed by atoms with Crippen LogP contribution in [0.3, 0.4) is 0 Å². The second-order valence-electron chi connectivity index (χ2n) is 3.20. The summed E-state index contributed by atoms with van der Waals surface area (Å²) in [5, 5.41) is 8.49. The van der Waals surface area contributed by atoms with Crippen molar-refractivity contribution in [1.29, 1.82) is 0 Å². The van der Waals surface area contributed by atoms with Crippen molar-refractivity contribution in [2.45, 2.75) is 26.7 Å². The molecule has 0 aliphatic heterocycles. The van der Waals surface area contributed by atoms with Gasteiger partial charge >= 0.3 is 5.97 Å². The lowest BCUT2D eigenvalue weighted by Gasteiger charge is -2.19. The number of rotatable bonds is 8. The third-order valence-electron chi connectivity index (χ3n) is 1.96. The Morgan fingerprint density at radius 1 is 1.33 bits per heavy atom. The van der Waals surface area contributed by atoms with Crippen molar-refractivity contribution in [3.05, 3.63) is 0 Å². The van der Waals surface area contributed by atoms with Crippen molar-refractivity contribution in [3.8, 4) is 0 Å². The predicted octanol–water partition coefficient (Wildman–Crippen LogP) is 0.736. The fourth-order valence-electron chi connectivity index (χ4n) is 1.16. The summed E-state index contributed by atoms with van der Waals surface area (Å²) in [5.74, 6) is -0.973. The molecular weight excluding hydrogens is 198 g/mol. The molecule has 0 aromatic heterocycles. The molecule has 0 aromatic rings. The van der Waals surface area contributed by atoms with Gasteiger partial charge in [-0.25, -0.2) is 0 Å². The second-order valence-corrected chi connectivity index (χ2v) is 3.20. The predicted molar refractivity (Wildman–Crippen MR) is 55.6 cm³/mol. The lowest BCUT2D eigenvalue weighted by atomic mass is 10.3. The molecule has 0 atom stereocenters. The Hall–Kier alpha value is -1.10. The average Bonchev–Trinajstić information content (AvgIpc) is 2.15. The van der Waals surface area contributed by atoms with Crippen LogP contribution in [0, 0.1) is 0 Å². The van der Waals surface area contributed by atoms with E-state index >= 15 is 0 Å². The van der Waals surface area contributed by atoms with E-state index in [0.717, 1.165) is 6.42 Å². The number of amides is 1. The van der Waals surface area contributed by atoms with Gasteiger partial charge in [0.2, 0.25) is 5.91 Å². The Balaban J connectivity index is 3.73. The Kier molecular flexibility index (Phi) is 7.62. The number of aliphatic carboxylic acids is 1. The summed E-state index contributed by atoms with van der Waals surface area (Å²) in [5.41, 5.74) is 0. The highest BCUT2D eigenvalue weighted by molar-refractivity contribution is 5.74. The number of carbonyl (C=O) groups excluding carboxylic acids is 1. The molecule has 0 spiro atoms. The third-order valence-corrected chi connectivity index (χ3v) is 1.96. The van der Waals surface area contributed by atoms with Crippen LogP contribution in [-0.4, -0.2) is 48.2 Å². The van der Waals surface area contributed by atoms with Crippen molar-refractivity contribution < 1.29 is 19.4 Å². The van der Waals surface area contributed by atoms with E-state index in [-0.39, 0.29) is 18.9 Å². The normalized spacial score (nSPS) is 10.0. The van der Waals surface area contributed by atoms with E-state index in [0.29, 0.717) is 19.8 Å². The van der Waals surface area contributed by atoms with Crippen molar-refractivity contribution in [3.63, 3.8) is 0 Å². The SMILES string of the molecule is CCOCCCN(CCC(=O)O)C(C)=O. The second kappa shape index (κ2) is 8.23. The van der Waals surface area contributed by atoms with Crippen LogP contribution < -0.4 is 0 Å². The quantitative estimate of drug-likeness (QED) is 0.609. The standard InChI is InChI=1S/C10H19NO4/c1-3-15-8-4-6-11(9(2)12)7-5-10(13)14/h3-8H2,1-2H3,(H,13,14). The molecule has 1 amide bonds. The molecule has 0 unspecified atom stereocenters. The molecule has 0 aromatic carbocycles. The van der Waals surface area contributed by atoms with Gasteiger partial charge in [-0.3, -0.25) is 9.59 Å². The highest BCUT2D eigenvalue weighted by Crippen LogP contribution is 1.96. The lowest BCUT2D eigenvalue weighted by molar-refractivity contribution is -0.138. The molecule has 0 bridgehead atoms. The van der Waals surface area contributed by atoms with Crippen LogP contribution in [0.1, 0.15) is 26.7 Å². The Bertz CT molecular complexity index is 206. The molecule has 0 fully saturated rings. The van der Waals surface area contributed by atoms with Crippen LogP contribution in [0.15, 0.2) is 0 Å². The molecule has 5 nitrogen and oxygen atoms in total. The van der Waals surface area contributed by atoms with E-state index in [2.05, 4.69) is 0 Å². The van der Waals surface area contributed by atoms with Gasteiger partial charge in [0.05, 0.1) is 6.42 Å². The number of carboxylic acid groups (broad SMARTS) is 1. The number of nitrogens with zero attached hydrogens (tertiary/aromatic N) is 1. The summed E-state index contributed by atoms with van der Waals surface area (Å²) in [6, 6.07) is 0. The van der Waals surface area contributed by atoms with Crippen molar-refractivity contribution in [2.75, 3.05) is 26.3 Å². The number of hydrogen-bond acceptors (Lipinski definition) is 3. The van der Waals surface area contributed by atoms with E-state index in [1.165, 1.54) is 11.8 Å². The Labute approximate surface area is 90.0 Å². The minimum atomic E-state index is -0.883. The van der Waals surface area contributed by atoms with E-state index in [1.807, 2.05) is 6.92 Å². The molecule has 5 heteroatoms. The summed E-state index contributed by atoms with van der Waals surface area (Å²) in [4.78, 5) is 23.0. The zero-order valence-corrected chi connectivity index (χ0v) is 9.36. The van der Waals surface area contributed by atoms with E-state index in [1.54, 1.807) is 0 Å². The van der Waals surface area contributed by atoms with Crippen molar-refractivity contribution in [2.24, 2.45) is 0 Å². The van der Waals surface area contributed by atoms with Gasteiger partial charge in [-0.15, -0.1) is 0 Å². The first kappa shape index (κ1) is 13.9. The Morgan fingerprint density at radius 3 is 2.47 bits per heavy atom. The number of carboxylic acids is 1. The van der Waals surface area contributed by atoms with E-state index in [9.17, 15) is 9.59 Å². The highest BCUT2D eigenvalue weighted by atomic mass is 16.5. The molecule has 0 saturated carbocycles. The Morgan fingerprint density at radius 2 is 2.00 bits per heavy atom. The summed E-state index contributed by atoms with van der Waals surface area (Å²) in [6.07, 6.45) is 0.737. The fourth-order valence-corrected chi connectivity index (χ4v) is 1.16. The summed E-state index contributed by atoms with van der Waals surface area (Å²) < 4.78 is 5.13. The van der Waals surface area contributed by atoms with Crippen LogP contribution in [0.4, 0.5) is 0 Å². The lowest BCUT2D eigenvalue weighted by Crippen LogP contribution is -2.32. The molecule has 0 saturated heterocycles. The molecule has 0 heterocycles. The summed E-state index contributed by atoms with van der Waals surface area (Å²) in [7, 11) is 0. The first-order valence-electron chi connectivity index (χ1n) is 5.13. The zero-order valence-electron chi connectivity index (χ0n) is 9.36. The molecule has 88 valence electrons. The van der Waals surface area contributed by atoms with Crippen LogP contribution in [0.2, 0.25) is 0 Å². The van der Waals surface area contributed by atoms with Gasteiger partial charge in [-0.1, -0.05) is 0 Å². The molecule has 0 aliphatic rings. The smallest absolute Gasteiger partial charge is 0.305 e. The maximum absolute atomic E-state index is 11.1. The van der Waals surface area contributed by atoms with E-state index < -0.39 is 5.97 Å². The maximum atomic E-state index is 11.1.